The van der Waals surface area contributed by atoms with Crippen molar-refractivity contribution >= 4 is 22.3 Å². The number of benzene rings is 2. The summed E-state index contributed by atoms with van der Waals surface area (Å²) in [6.07, 6.45) is 5.60. The van der Waals surface area contributed by atoms with Gasteiger partial charge in [0.15, 0.2) is 11.5 Å². The first-order chi connectivity index (χ1) is 13.8. The molecule has 2 N–H and O–H groups in total. The Bertz CT molecular complexity index is 973. The number of nitrogens with one attached hydrogen (secondary N) is 2. The van der Waals surface area contributed by atoms with Crippen LogP contribution >= 0.6 is 0 Å². The summed E-state index contributed by atoms with van der Waals surface area (Å²) in [5, 5.41) is 4.85. The fourth-order valence-corrected chi connectivity index (χ4v) is 4.29. The van der Waals surface area contributed by atoms with Crippen LogP contribution in [0.25, 0.3) is 10.9 Å². The minimum atomic E-state index is 0.658. The van der Waals surface area contributed by atoms with Crippen LogP contribution in [0.3, 0.4) is 0 Å². The topological polar surface area (TPSA) is 49.5 Å². The molecule has 1 aromatic heterocycles. The van der Waals surface area contributed by atoms with E-state index in [9.17, 15) is 0 Å². The van der Waals surface area contributed by atoms with Gasteiger partial charge in [-0.15, -0.1) is 0 Å². The number of piperidine rings is 1. The molecule has 2 aliphatic heterocycles. The highest BCUT2D eigenvalue weighted by molar-refractivity contribution is 5.87. The number of anilines is 2. The second kappa shape index (κ2) is 7.40. The maximum absolute atomic E-state index is 5.80. The molecule has 0 radical (unpaired) electrons. The van der Waals surface area contributed by atoms with Crippen molar-refractivity contribution in [1.82, 2.24) is 9.88 Å². The third kappa shape index (κ3) is 3.42. The van der Waals surface area contributed by atoms with E-state index >= 15 is 0 Å². The van der Waals surface area contributed by atoms with Crippen LogP contribution in [-0.4, -0.2) is 43.2 Å². The summed E-state index contributed by atoms with van der Waals surface area (Å²) in [7, 11) is 2.21. The molecular weight excluding hydrogens is 350 g/mol. The maximum Gasteiger partial charge on any atom is 0.163 e. The smallest absolute Gasteiger partial charge is 0.163 e. The van der Waals surface area contributed by atoms with Crippen LogP contribution in [0.4, 0.5) is 11.4 Å². The molecule has 0 spiro atoms. The molecule has 0 atom stereocenters. The molecule has 0 unspecified atom stereocenters. The predicted octanol–water partition coefficient (Wildman–Crippen LogP) is 4.88. The molecule has 0 aliphatic carbocycles. The van der Waals surface area contributed by atoms with E-state index in [4.69, 9.17) is 9.47 Å². The minimum absolute atomic E-state index is 0.658. The summed E-state index contributed by atoms with van der Waals surface area (Å²) < 4.78 is 11.5. The van der Waals surface area contributed by atoms with Gasteiger partial charge in [0.25, 0.3) is 0 Å². The van der Waals surface area contributed by atoms with E-state index in [1.807, 2.05) is 18.2 Å². The lowest BCUT2D eigenvalue weighted by molar-refractivity contribution is 0.256. The molecule has 1 saturated heterocycles. The van der Waals surface area contributed by atoms with Gasteiger partial charge in [-0.1, -0.05) is 6.07 Å². The molecule has 2 aliphatic rings. The molecule has 5 nitrogen and oxygen atoms in total. The van der Waals surface area contributed by atoms with Crippen LogP contribution < -0.4 is 14.8 Å². The first-order valence-electron chi connectivity index (χ1n) is 10.2. The number of likely N-dealkylation sites (tertiary alicyclic amines) is 1. The van der Waals surface area contributed by atoms with Crippen molar-refractivity contribution in [1.29, 1.82) is 0 Å². The average Bonchev–Trinajstić information content (AvgIpc) is 2.98. The summed E-state index contributed by atoms with van der Waals surface area (Å²) in [4.78, 5) is 5.90. The molecular formula is C23H27N3O2. The molecule has 2 aromatic carbocycles. The third-order valence-electron chi connectivity index (χ3n) is 5.91. The molecule has 0 amide bonds. The van der Waals surface area contributed by atoms with E-state index in [0.29, 0.717) is 19.1 Å². The number of hydrogen-bond donors (Lipinski definition) is 2. The molecule has 1 fully saturated rings. The zero-order valence-electron chi connectivity index (χ0n) is 16.3. The summed E-state index contributed by atoms with van der Waals surface area (Å²) >= 11 is 0. The largest absolute Gasteiger partial charge is 0.490 e. The van der Waals surface area contributed by atoms with E-state index in [2.05, 4.69) is 46.6 Å². The van der Waals surface area contributed by atoms with Crippen molar-refractivity contribution in [2.75, 3.05) is 38.7 Å². The molecule has 3 aromatic rings. The Balaban J connectivity index is 1.37. The molecule has 146 valence electrons. The Hall–Kier alpha value is -2.66. The van der Waals surface area contributed by atoms with Gasteiger partial charge in [0.2, 0.25) is 0 Å². The number of H-pyrrole nitrogens is 1. The van der Waals surface area contributed by atoms with Crippen LogP contribution in [0.1, 0.15) is 30.7 Å². The predicted molar refractivity (Wildman–Crippen MR) is 113 cm³/mol. The standard InChI is InChI=1S/C23H27N3O2/c1-26-9-7-16(8-10-26)20-15-24-21-13-17(3-5-19(20)21)25-18-4-6-22-23(14-18)28-12-2-11-27-22/h3-6,13-16,24-25H,2,7-12H2,1H3. The second-order valence-electron chi connectivity index (χ2n) is 7.92. The van der Waals surface area contributed by atoms with Gasteiger partial charge in [0, 0.05) is 41.0 Å². The average molecular weight is 377 g/mol. The van der Waals surface area contributed by atoms with Crippen molar-refractivity contribution in [3.05, 3.63) is 48.2 Å². The number of aromatic nitrogens is 1. The first-order valence-corrected chi connectivity index (χ1v) is 10.2. The fraction of sp³-hybridized carbons (Fsp3) is 0.391. The number of nitrogens with zero attached hydrogens (tertiary/aromatic N) is 1. The van der Waals surface area contributed by atoms with Crippen molar-refractivity contribution in [2.24, 2.45) is 0 Å². The normalized spacial score (nSPS) is 18.2. The highest BCUT2D eigenvalue weighted by Crippen LogP contribution is 2.36. The lowest BCUT2D eigenvalue weighted by atomic mass is 9.89. The van der Waals surface area contributed by atoms with E-state index < -0.39 is 0 Å². The summed E-state index contributed by atoms with van der Waals surface area (Å²) in [6.45, 7) is 3.77. The van der Waals surface area contributed by atoms with Crippen LogP contribution in [0.2, 0.25) is 0 Å². The zero-order valence-corrected chi connectivity index (χ0v) is 16.3. The lowest BCUT2D eigenvalue weighted by Gasteiger charge is -2.28. The zero-order chi connectivity index (χ0) is 18.9. The SMILES string of the molecule is CN1CCC(c2c[nH]c3cc(Nc4ccc5c(c4)OCCCO5)ccc23)CC1. The van der Waals surface area contributed by atoms with Gasteiger partial charge in [-0.2, -0.15) is 0 Å². The van der Waals surface area contributed by atoms with Crippen molar-refractivity contribution < 1.29 is 9.47 Å². The van der Waals surface area contributed by atoms with Crippen molar-refractivity contribution in [3.8, 4) is 11.5 Å². The van der Waals surface area contributed by atoms with E-state index in [1.54, 1.807) is 0 Å². The van der Waals surface area contributed by atoms with Gasteiger partial charge < -0.3 is 24.7 Å². The highest BCUT2D eigenvalue weighted by Gasteiger charge is 2.21. The van der Waals surface area contributed by atoms with Gasteiger partial charge in [0.05, 0.1) is 13.2 Å². The highest BCUT2D eigenvalue weighted by atomic mass is 16.5. The third-order valence-corrected chi connectivity index (χ3v) is 5.91. The molecule has 28 heavy (non-hydrogen) atoms. The van der Waals surface area contributed by atoms with Gasteiger partial charge in [0.1, 0.15) is 0 Å². The minimum Gasteiger partial charge on any atom is -0.490 e. The fourth-order valence-electron chi connectivity index (χ4n) is 4.29. The molecule has 0 saturated carbocycles. The van der Waals surface area contributed by atoms with Crippen molar-refractivity contribution in [3.63, 3.8) is 0 Å². The molecule has 5 heteroatoms. The van der Waals surface area contributed by atoms with E-state index in [1.165, 1.54) is 42.4 Å². The quantitative estimate of drug-likeness (QED) is 0.683. The Labute approximate surface area is 165 Å². The van der Waals surface area contributed by atoms with Crippen LogP contribution in [0.5, 0.6) is 11.5 Å². The van der Waals surface area contributed by atoms with Gasteiger partial charge in [-0.25, -0.2) is 0 Å². The Morgan fingerprint density at radius 1 is 0.964 bits per heavy atom. The van der Waals surface area contributed by atoms with Crippen LogP contribution in [-0.2, 0) is 0 Å². The Morgan fingerprint density at radius 2 is 1.71 bits per heavy atom. The molecule has 5 rings (SSSR count). The Kier molecular flexibility index (Phi) is 4.61. The maximum atomic E-state index is 5.80. The molecule has 0 bridgehead atoms. The number of ether oxygens (including phenoxy) is 2. The lowest BCUT2D eigenvalue weighted by Crippen LogP contribution is -2.29. The summed E-state index contributed by atoms with van der Waals surface area (Å²) in [5.74, 6) is 2.30. The molecule has 3 heterocycles. The summed E-state index contributed by atoms with van der Waals surface area (Å²) in [6, 6.07) is 12.6. The van der Waals surface area contributed by atoms with E-state index in [0.717, 1.165) is 29.3 Å². The number of rotatable bonds is 3. The van der Waals surface area contributed by atoms with Gasteiger partial charge in [-0.05, 0) is 68.7 Å². The first kappa shape index (κ1) is 17.4. The number of fused-ring (bicyclic) bond motifs is 2. The van der Waals surface area contributed by atoms with Gasteiger partial charge in [-0.3, -0.25) is 0 Å². The second-order valence-corrected chi connectivity index (χ2v) is 7.92. The Morgan fingerprint density at radius 3 is 2.57 bits per heavy atom. The van der Waals surface area contributed by atoms with Gasteiger partial charge >= 0.3 is 0 Å². The summed E-state index contributed by atoms with van der Waals surface area (Å²) in [5.41, 5.74) is 4.72. The number of hydrogen-bond acceptors (Lipinski definition) is 4. The van der Waals surface area contributed by atoms with Crippen LogP contribution in [0.15, 0.2) is 42.6 Å². The van der Waals surface area contributed by atoms with Crippen molar-refractivity contribution in [2.45, 2.75) is 25.2 Å². The van der Waals surface area contributed by atoms with E-state index in [-0.39, 0.29) is 0 Å². The number of aromatic amines is 1. The van der Waals surface area contributed by atoms with Crippen LogP contribution in [0, 0.1) is 0 Å². The monoisotopic (exact) mass is 377 g/mol.